The fraction of sp³-hybridized carbons (Fsp3) is 0.360. The van der Waals surface area contributed by atoms with Crippen molar-refractivity contribution in [2.75, 3.05) is 13.7 Å². The van der Waals surface area contributed by atoms with Gasteiger partial charge in [-0.15, -0.1) is 0 Å². The van der Waals surface area contributed by atoms with Crippen LogP contribution < -0.4 is 14.8 Å². The zero-order chi connectivity index (χ0) is 22.5. The van der Waals surface area contributed by atoms with Gasteiger partial charge in [-0.2, -0.15) is 5.10 Å². The lowest BCUT2D eigenvalue weighted by molar-refractivity contribution is -0.121. The smallest absolute Gasteiger partial charge is 0.226 e. The molecule has 1 heterocycles. The number of halogens is 1. The molecule has 1 aliphatic carbocycles. The van der Waals surface area contributed by atoms with Crippen LogP contribution in [-0.4, -0.2) is 29.3 Å². The number of para-hydroxylation sites is 1. The fourth-order valence-electron chi connectivity index (χ4n) is 3.56. The van der Waals surface area contributed by atoms with Crippen molar-refractivity contribution in [2.45, 2.75) is 39.0 Å². The van der Waals surface area contributed by atoms with Crippen molar-refractivity contribution in [2.24, 2.45) is 5.92 Å². The summed E-state index contributed by atoms with van der Waals surface area (Å²) in [6.07, 6.45) is 3.82. The van der Waals surface area contributed by atoms with Gasteiger partial charge in [0, 0.05) is 18.5 Å². The lowest BCUT2D eigenvalue weighted by atomic mass is 10.1. The zero-order valence-corrected chi connectivity index (χ0v) is 18.4. The number of ether oxygens (including phenoxy) is 2. The van der Waals surface area contributed by atoms with E-state index < -0.39 is 5.82 Å². The van der Waals surface area contributed by atoms with E-state index >= 15 is 0 Å². The Bertz CT molecular complexity index is 1070. The molecule has 1 amide bonds. The van der Waals surface area contributed by atoms with Gasteiger partial charge >= 0.3 is 0 Å². The summed E-state index contributed by atoms with van der Waals surface area (Å²) in [4.78, 5) is 12.4. The number of nitrogens with zero attached hydrogens (tertiary/aromatic N) is 2. The van der Waals surface area contributed by atoms with Gasteiger partial charge in [-0.25, -0.2) is 9.07 Å². The second kappa shape index (κ2) is 9.85. The Morgan fingerprint density at radius 2 is 1.94 bits per heavy atom. The van der Waals surface area contributed by atoms with Crippen LogP contribution in [0.15, 0.2) is 48.5 Å². The summed E-state index contributed by atoms with van der Waals surface area (Å²) in [5.74, 6) is 1.44. The van der Waals surface area contributed by atoms with Crippen LogP contribution >= 0.6 is 0 Å². The maximum absolute atomic E-state index is 14.4. The van der Waals surface area contributed by atoms with E-state index in [1.807, 2.05) is 31.2 Å². The Kier molecular flexibility index (Phi) is 6.73. The van der Waals surface area contributed by atoms with Crippen LogP contribution in [0.2, 0.25) is 0 Å². The average Bonchev–Trinajstić information content (AvgIpc) is 3.59. The summed E-state index contributed by atoms with van der Waals surface area (Å²) in [5, 5.41) is 7.74. The van der Waals surface area contributed by atoms with Crippen molar-refractivity contribution in [3.8, 4) is 23.1 Å². The molecule has 4 rings (SSSR count). The molecule has 0 spiro atoms. The normalized spacial score (nSPS) is 13.1. The molecule has 3 aromatic rings. The van der Waals surface area contributed by atoms with E-state index in [4.69, 9.17) is 14.6 Å². The molecule has 32 heavy (non-hydrogen) atoms. The molecular weight excluding hydrogens is 409 g/mol. The predicted octanol–water partition coefficient (Wildman–Crippen LogP) is 4.83. The first kappa shape index (κ1) is 21.9. The van der Waals surface area contributed by atoms with Crippen molar-refractivity contribution < 1.29 is 18.7 Å². The van der Waals surface area contributed by atoms with Gasteiger partial charge in [-0.1, -0.05) is 19.1 Å². The Hall–Kier alpha value is -3.35. The fourth-order valence-corrected chi connectivity index (χ4v) is 3.56. The number of rotatable bonds is 10. The average molecular weight is 438 g/mol. The third-order valence-electron chi connectivity index (χ3n) is 5.60. The Morgan fingerprint density at radius 1 is 1.19 bits per heavy atom. The van der Waals surface area contributed by atoms with Crippen LogP contribution in [0.5, 0.6) is 17.4 Å². The number of hydrogen-bond donors (Lipinski definition) is 1. The van der Waals surface area contributed by atoms with Gasteiger partial charge in [0.25, 0.3) is 0 Å². The van der Waals surface area contributed by atoms with Crippen molar-refractivity contribution in [1.29, 1.82) is 0 Å². The number of methoxy groups -OCH3 is 1. The van der Waals surface area contributed by atoms with Gasteiger partial charge in [-0.3, -0.25) is 4.79 Å². The monoisotopic (exact) mass is 437 g/mol. The topological polar surface area (TPSA) is 65.4 Å². The summed E-state index contributed by atoms with van der Waals surface area (Å²) in [5.41, 5.74) is 2.39. The Morgan fingerprint density at radius 3 is 2.59 bits per heavy atom. The van der Waals surface area contributed by atoms with Crippen LogP contribution in [0.4, 0.5) is 4.39 Å². The highest BCUT2D eigenvalue weighted by atomic mass is 19.1. The first-order valence-electron chi connectivity index (χ1n) is 11.0. The van der Waals surface area contributed by atoms with Gasteiger partial charge < -0.3 is 14.8 Å². The molecule has 6 nitrogen and oxygen atoms in total. The number of carbonyl (C=O) groups excluding carboxylic acids is 1. The van der Waals surface area contributed by atoms with E-state index in [2.05, 4.69) is 5.32 Å². The van der Waals surface area contributed by atoms with Crippen LogP contribution in [0, 0.1) is 11.7 Å². The number of hydrogen-bond acceptors (Lipinski definition) is 4. The largest absolute Gasteiger partial charge is 0.497 e. The molecule has 0 aliphatic heterocycles. The molecule has 1 fully saturated rings. The maximum Gasteiger partial charge on any atom is 0.226 e. The minimum atomic E-state index is -0.457. The van der Waals surface area contributed by atoms with E-state index in [1.54, 1.807) is 30.0 Å². The maximum atomic E-state index is 14.4. The molecule has 1 aromatic heterocycles. The third-order valence-corrected chi connectivity index (χ3v) is 5.60. The van der Waals surface area contributed by atoms with Crippen LogP contribution in [0.3, 0.4) is 0 Å². The first-order valence-corrected chi connectivity index (χ1v) is 11.0. The van der Waals surface area contributed by atoms with Gasteiger partial charge in [0.15, 0.2) is 11.6 Å². The van der Waals surface area contributed by atoms with Crippen LogP contribution in [-0.2, 0) is 17.6 Å². The van der Waals surface area contributed by atoms with Crippen LogP contribution in [0.1, 0.15) is 37.4 Å². The minimum absolute atomic E-state index is 0.00740. The van der Waals surface area contributed by atoms with E-state index in [0.717, 1.165) is 29.2 Å². The Balaban J connectivity index is 1.66. The predicted molar refractivity (Wildman–Crippen MR) is 120 cm³/mol. The highest BCUT2D eigenvalue weighted by molar-refractivity contribution is 5.76. The second-order valence-electron chi connectivity index (χ2n) is 7.97. The van der Waals surface area contributed by atoms with Gasteiger partial charge in [0.1, 0.15) is 5.75 Å². The van der Waals surface area contributed by atoms with E-state index in [1.165, 1.54) is 18.9 Å². The summed E-state index contributed by atoms with van der Waals surface area (Å²) in [6.45, 7) is 2.74. The molecular formula is C25H28FN3O3. The molecule has 0 saturated heterocycles. The highest BCUT2D eigenvalue weighted by Gasteiger charge is 2.24. The number of aryl methyl sites for hydroxylation is 1. The number of amides is 1. The van der Waals surface area contributed by atoms with Gasteiger partial charge in [0.05, 0.1) is 18.5 Å². The quantitative estimate of drug-likeness (QED) is 0.493. The molecule has 7 heteroatoms. The molecule has 0 radical (unpaired) electrons. The highest BCUT2D eigenvalue weighted by Crippen LogP contribution is 2.33. The molecule has 1 N–H and O–H groups in total. The molecule has 1 aliphatic rings. The number of aromatic nitrogens is 2. The van der Waals surface area contributed by atoms with Crippen molar-refractivity contribution in [3.05, 3.63) is 65.6 Å². The molecule has 1 saturated carbocycles. The first-order chi connectivity index (χ1) is 15.6. The second-order valence-corrected chi connectivity index (χ2v) is 7.97. The van der Waals surface area contributed by atoms with Crippen molar-refractivity contribution >= 4 is 5.91 Å². The van der Waals surface area contributed by atoms with Crippen LogP contribution in [0.25, 0.3) is 5.69 Å². The SMILES string of the molecule is CCc1nn(-c2ccc(OC)cc2)c(Oc2ccccc2F)c1CCC(=O)NCC1CC1. The third kappa shape index (κ3) is 5.10. The molecule has 0 bridgehead atoms. The van der Waals surface area contributed by atoms with Gasteiger partial charge in [0.2, 0.25) is 11.8 Å². The lowest BCUT2D eigenvalue weighted by Crippen LogP contribution is -2.25. The number of carbonyl (C=O) groups is 1. The molecule has 0 unspecified atom stereocenters. The Labute approximate surface area is 187 Å². The standard InChI is InChI=1S/C25H28FN3O3/c1-3-22-20(14-15-24(30)27-16-17-8-9-17)25(32-23-7-5-4-6-21(23)26)29(28-22)18-10-12-19(31-2)13-11-18/h4-7,10-13,17H,3,8-9,14-16H2,1-2H3,(H,27,30). The van der Waals surface area contributed by atoms with Crippen molar-refractivity contribution in [3.63, 3.8) is 0 Å². The summed E-state index contributed by atoms with van der Waals surface area (Å²) >= 11 is 0. The van der Waals surface area contributed by atoms with E-state index in [-0.39, 0.29) is 11.7 Å². The zero-order valence-electron chi connectivity index (χ0n) is 18.4. The van der Waals surface area contributed by atoms with Crippen molar-refractivity contribution in [1.82, 2.24) is 15.1 Å². The lowest BCUT2D eigenvalue weighted by Gasteiger charge is -2.12. The number of nitrogens with one attached hydrogen (secondary N) is 1. The van der Waals surface area contributed by atoms with Gasteiger partial charge in [-0.05, 0) is 68.0 Å². The van der Waals surface area contributed by atoms with E-state index in [9.17, 15) is 9.18 Å². The molecule has 0 atom stereocenters. The molecule has 2 aromatic carbocycles. The van der Waals surface area contributed by atoms with E-state index in [0.29, 0.717) is 31.1 Å². The number of benzene rings is 2. The summed E-state index contributed by atoms with van der Waals surface area (Å²) in [7, 11) is 1.61. The molecule has 168 valence electrons. The summed E-state index contributed by atoms with van der Waals surface area (Å²) < 4.78 is 27.4. The minimum Gasteiger partial charge on any atom is -0.497 e. The summed E-state index contributed by atoms with van der Waals surface area (Å²) in [6, 6.07) is 13.7.